The highest BCUT2D eigenvalue weighted by atomic mass is 19.1. The topological polar surface area (TPSA) is 94.2 Å². The van der Waals surface area contributed by atoms with Crippen molar-refractivity contribution in [2.24, 2.45) is 0 Å². The predicted molar refractivity (Wildman–Crippen MR) is 103 cm³/mol. The van der Waals surface area contributed by atoms with Crippen LogP contribution in [-0.4, -0.2) is 42.9 Å². The van der Waals surface area contributed by atoms with Crippen molar-refractivity contribution >= 4 is 23.5 Å². The van der Waals surface area contributed by atoms with Crippen LogP contribution in [0, 0.1) is 5.82 Å². The van der Waals surface area contributed by atoms with Crippen molar-refractivity contribution in [3.05, 3.63) is 53.3 Å². The summed E-state index contributed by atoms with van der Waals surface area (Å²) in [6, 6.07) is 8.02. The van der Waals surface area contributed by atoms with Crippen LogP contribution in [-0.2, 0) is 14.3 Å². The van der Waals surface area contributed by atoms with Crippen LogP contribution in [0.4, 0.5) is 10.1 Å². The van der Waals surface area contributed by atoms with E-state index in [4.69, 9.17) is 14.2 Å². The molecule has 4 rings (SSSR count). The first kappa shape index (κ1) is 19.7. The van der Waals surface area contributed by atoms with Crippen LogP contribution in [0.5, 0.6) is 11.5 Å². The van der Waals surface area contributed by atoms with Crippen LogP contribution in [0.2, 0.25) is 0 Å². The minimum absolute atomic E-state index is 0.0111. The molecule has 0 radical (unpaired) electrons. The predicted octanol–water partition coefficient (Wildman–Crippen LogP) is 2.64. The number of cyclic esters (lactones) is 1. The summed E-state index contributed by atoms with van der Waals surface area (Å²) in [5.74, 6) is -1.63. The van der Waals surface area contributed by atoms with Crippen LogP contribution < -0.4 is 14.8 Å². The summed E-state index contributed by atoms with van der Waals surface area (Å²) in [5, 5.41) is 2.51. The van der Waals surface area contributed by atoms with Crippen molar-refractivity contribution in [1.82, 2.24) is 4.90 Å². The minimum atomic E-state index is -1.08. The molecular weight excluding hydrogens is 395 g/mol. The number of carbonyl (C=O) groups excluding carboxylic acids is 3. The smallest absolute Gasteiger partial charge is 0.344 e. The van der Waals surface area contributed by atoms with Gasteiger partial charge in [0.05, 0.1) is 19.9 Å². The van der Waals surface area contributed by atoms with Gasteiger partial charge in [0, 0.05) is 12.0 Å². The number of para-hydroxylation sites is 1. The van der Waals surface area contributed by atoms with Crippen molar-refractivity contribution in [2.45, 2.75) is 25.1 Å². The molecular formula is C21H19FN2O6. The maximum atomic E-state index is 13.9. The van der Waals surface area contributed by atoms with Gasteiger partial charge in [-0.15, -0.1) is 0 Å². The van der Waals surface area contributed by atoms with Crippen LogP contribution >= 0.6 is 0 Å². The van der Waals surface area contributed by atoms with Crippen molar-refractivity contribution in [3.63, 3.8) is 0 Å². The first-order valence-electron chi connectivity index (χ1n) is 9.28. The average molecular weight is 414 g/mol. The number of halogens is 1. The summed E-state index contributed by atoms with van der Waals surface area (Å²) in [5.41, 5.74) is 0.559. The molecule has 2 heterocycles. The normalized spacial score (nSPS) is 20.0. The van der Waals surface area contributed by atoms with Gasteiger partial charge >= 0.3 is 5.97 Å². The van der Waals surface area contributed by atoms with Crippen molar-refractivity contribution < 1.29 is 33.0 Å². The summed E-state index contributed by atoms with van der Waals surface area (Å²) < 4.78 is 29.9. The Morgan fingerprint density at radius 2 is 1.93 bits per heavy atom. The number of ether oxygens (including phenoxy) is 3. The third-order valence-corrected chi connectivity index (χ3v) is 5.21. The van der Waals surface area contributed by atoms with Gasteiger partial charge in [-0.3, -0.25) is 14.5 Å². The number of benzene rings is 2. The number of nitrogens with zero attached hydrogens (tertiary/aromatic N) is 1. The van der Waals surface area contributed by atoms with Gasteiger partial charge in [0.25, 0.3) is 0 Å². The number of methoxy groups -OCH3 is 2. The zero-order valence-corrected chi connectivity index (χ0v) is 16.3. The van der Waals surface area contributed by atoms with Gasteiger partial charge in [-0.2, -0.15) is 0 Å². The summed E-state index contributed by atoms with van der Waals surface area (Å²) in [6.45, 7) is 0. The van der Waals surface area contributed by atoms with Gasteiger partial charge in [0.1, 0.15) is 17.4 Å². The largest absolute Gasteiger partial charge is 0.493 e. The van der Waals surface area contributed by atoms with Crippen LogP contribution in [0.3, 0.4) is 0 Å². The van der Waals surface area contributed by atoms with Crippen molar-refractivity contribution in [3.8, 4) is 11.5 Å². The number of anilines is 1. The molecule has 2 amide bonds. The zero-order chi connectivity index (χ0) is 21.4. The molecule has 0 aliphatic carbocycles. The summed E-state index contributed by atoms with van der Waals surface area (Å²) >= 11 is 0. The summed E-state index contributed by atoms with van der Waals surface area (Å²) in [4.78, 5) is 39.2. The average Bonchev–Trinajstić information content (AvgIpc) is 3.28. The molecule has 2 atom stereocenters. The van der Waals surface area contributed by atoms with Gasteiger partial charge in [-0.1, -0.05) is 12.1 Å². The zero-order valence-electron chi connectivity index (χ0n) is 16.3. The van der Waals surface area contributed by atoms with E-state index in [1.165, 1.54) is 37.3 Å². The number of hydrogen-bond donors (Lipinski definition) is 1. The Morgan fingerprint density at radius 1 is 1.17 bits per heavy atom. The molecule has 1 saturated heterocycles. The number of hydrogen-bond acceptors (Lipinski definition) is 6. The van der Waals surface area contributed by atoms with E-state index in [9.17, 15) is 18.8 Å². The molecule has 1 fully saturated rings. The number of fused-ring (bicyclic) bond motifs is 1. The molecule has 0 unspecified atom stereocenters. The quantitative estimate of drug-likeness (QED) is 0.756. The molecule has 0 bridgehead atoms. The Morgan fingerprint density at radius 3 is 2.63 bits per heavy atom. The number of nitrogens with one attached hydrogen (secondary N) is 1. The maximum absolute atomic E-state index is 13.9. The Hall–Kier alpha value is -3.62. The van der Waals surface area contributed by atoms with Crippen molar-refractivity contribution in [2.75, 3.05) is 19.5 Å². The standard InChI is InChI=1S/C21H19FN2O6/c1-28-15-9-7-11-17(18(15)29-2)21(27)30-20(11)24-14(8-10-16(24)25)19(26)23-13-6-4-3-5-12(13)22/h3-7,9,14,20H,8,10H2,1-2H3,(H,23,26)/t14-,20+/m1/s1. The van der Waals surface area contributed by atoms with Gasteiger partial charge in [-0.25, -0.2) is 9.18 Å². The second-order valence-corrected chi connectivity index (χ2v) is 6.85. The maximum Gasteiger partial charge on any atom is 0.344 e. The van der Waals surface area contributed by atoms with E-state index in [1.807, 2.05) is 0 Å². The highest BCUT2D eigenvalue weighted by Crippen LogP contribution is 2.45. The lowest BCUT2D eigenvalue weighted by Crippen LogP contribution is -2.44. The van der Waals surface area contributed by atoms with E-state index >= 15 is 0 Å². The highest BCUT2D eigenvalue weighted by Gasteiger charge is 2.47. The van der Waals surface area contributed by atoms with Gasteiger partial charge in [0.2, 0.25) is 18.0 Å². The molecule has 1 N–H and O–H groups in total. The molecule has 2 aromatic rings. The molecule has 30 heavy (non-hydrogen) atoms. The van der Waals surface area contributed by atoms with E-state index in [0.717, 1.165) is 0 Å². The molecule has 0 aromatic heterocycles. The molecule has 0 spiro atoms. The van der Waals surface area contributed by atoms with E-state index in [-0.39, 0.29) is 35.7 Å². The number of rotatable bonds is 5. The fourth-order valence-corrected chi connectivity index (χ4v) is 3.82. The van der Waals surface area contributed by atoms with E-state index < -0.39 is 30.0 Å². The Balaban J connectivity index is 1.67. The molecule has 2 aliphatic heterocycles. The van der Waals surface area contributed by atoms with E-state index in [2.05, 4.69) is 5.32 Å². The third-order valence-electron chi connectivity index (χ3n) is 5.21. The second kappa shape index (κ2) is 7.66. The fraction of sp³-hybridized carbons (Fsp3) is 0.286. The molecule has 2 aromatic carbocycles. The first-order valence-corrected chi connectivity index (χ1v) is 9.28. The van der Waals surface area contributed by atoms with Crippen LogP contribution in [0.15, 0.2) is 36.4 Å². The van der Waals surface area contributed by atoms with Crippen molar-refractivity contribution in [1.29, 1.82) is 0 Å². The lowest BCUT2D eigenvalue weighted by molar-refractivity contribution is -0.144. The van der Waals surface area contributed by atoms with Gasteiger partial charge < -0.3 is 19.5 Å². The molecule has 8 nitrogen and oxygen atoms in total. The summed E-state index contributed by atoms with van der Waals surface area (Å²) in [7, 11) is 2.83. The molecule has 9 heteroatoms. The number of likely N-dealkylation sites (tertiary alicyclic amines) is 1. The minimum Gasteiger partial charge on any atom is -0.493 e. The lowest BCUT2D eigenvalue weighted by Gasteiger charge is -2.29. The molecule has 156 valence electrons. The molecule has 0 saturated carbocycles. The number of carbonyl (C=O) groups is 3. The second-order valence-electron chi connectivity index (χ2n) is 6.85. The fourth-order valence-electron chi connectivity index (χ4n) is 3.82. The van der Waals surface area contributed by atoms with E-state index in [0.29, 0.717) is 11.3 Å². The van der Waals surface area contributed by atoms with E-state index in [1.54, 1.807) is 18.2 Å². The van der Waals surface area contributed by atoms with Gasteiger partial charge in [-0.05, 0) is 30.7 Å². The molecule has 2 aliphatic rings. The lowest BCUT2D eigenvalue weighted by atomic mass is 10.1. The third kappa shape index (κ3) is 3.12. The van der Waals surface area contributed by atoms with Gasteiger partial charge in [0.15, 0.2) is 11.5 Å². The number of esters is 1. The Labute approximate surface area is 171 Å². The van der Waals surface area contributed by atoms with Crippen LogP contribution in [0.1, 0.15) is 35.0 Å². The SMILES string of the molecule is COc1ccc2c(c1OC)C(=O)O[C@@H]2N1C(=O)CC[C@@H]1C(=O)Nc1ccccc1F. The first-order chi connectivity index (χ1) is 14.5. The summed E-state index contributed by atoms with van der Waals surface area (Å²) in [6.07, 6.45) is -0.763. The highest BCUT2D eigenvalue weighted by molar-refractivity contribution is 6.01. The monoisotopic (exact) mass is 414 g/mol. The Kier molecular flexibility index (Phi) is 5.03. The number of amides is 2. The Bertz CT molecular complexity index is 1040. The van der Waals surface area contributed by atoms with Crippen LogP contribution in [0.25, 0.3) is 0 Å².